The summed E-state index contributed by atoms with van der Waals surface area (Å²) in [6, 6.07) is 11.3. The minimum Gasteiger partial charge on any atom is -0.322 e. The Morgan fingerprint density at radius 2 is 1.80 bits per heavy atom. The molecule has 1 saturated heterocycles. The quantitative estimate of drug-likeness (QED) is 0.444. The fourth-order valence-corrected chi connectivity index (χ4v) is 4.98. The van der Waals surface area contributed by atoms with Gasteiger partial charge in [0.05, 0.1) is 34.0 Å². The van der Waals surface area contributed by atoms with E-state index in [1.165, 1.54) is 27.9 Å². The minimum absolute atomic E-state index is 0.0189. The van der Waals surface area contributed by atoms with Crippen LogP contribution in [0.2, 0.25) is 10.0 Å². The van der Waals surface area contributed by atoms with E-state index in [0.717, 1.165) is 12.1 Å². The number of fused-ring (bicyclic) bond motifs is 1. The van der Waals surface area contributed by atoms with Crippen LogP contribution in [0, 0.1) is 11.3 Å². The fraction of sp³-hybridized carbons (Fsp3) is 0.259. The third kappa shape index (κ3) is 6.02. The summed E-state index contributed by atoms with van der Waals surface area (Å²) in [5, 5.41) is 17.3. The number of hydrogen-bond donors (Lipinski definition) is 1. The molecule has 212 valence electrons. The molecule has 14 heteroatoms. The van der Waals surface area contributed by atoms with Crippen molar-refractivity contribution in [1.82, 2.24) is 19.6 Å². The molecule has 0 unspecified atom stereocenters. The first-order valence-corrected chi connectivity index (χ1v) is 13.2. The van der Waals surface area contributed by atoms with E-state index in [9.17, 15) is 28.0 Å². The molecule has 0 atom stereocenters. The molecule has 3 amide bonds. The van der Waals surface area contributed by atoms with E-state index in [4.69, 9.17) is 23.2 Å². The molecular weight excluding hydrogens is 582 g/mol. The lowest BCUT2D eigenvalue weighted by molar-refractivity contribution is -0.137. The van der Waals surface area contributed by atoms with Gasteiger partial charge in [0.2, 0.25) is 5.91 Å². The number of nitrogens with one attached hydrogen (secondary N) is 1. The number of carbonyl (C=O) groups excluding carboxylic acids is 2. The Kier molecular flexibility index (Phi) is 7.95. The molecule has 41 heavy (non-hydrogen) atoms. The maximum Gasteiger partial charge on any atom is 0.416 e. The second kappa shape index (κ2) is 11.4. The lowest BCUT2D eigenvalue weighted by atomic mass is 10.1. The highest BCUT2D eigenvalue weighted by Crippen LogP contribution is 2.35. The first kappa shape index (κ1) is 28.5. The highest BCUT2D eigenvalue weighted by molar-refractivity contribution is 6.42. The SMILES string of the molecule is N#Cc1cnn2c1N(C(=O)CN1CCN(C(=O)Nc3ccc(Cl)c(Cl)c3)CC1)CC=C2c1cccc(C(F)(F)F)c1. The zero-order chi connectivity index (χ0) is 29.3. The van der Waals surface area contributed by atoms with Gasteiger partial charge < -0.3 is 10.2 Å². The number of alkyl halides is 3. The van der Waals surface area contributed by atoms with Gasteiger partial charge in [-0.05, 0) is 36.4 Å². The molecule has 3 aromatic rings. The van der Waals surface area contributed by atoms with E-state index in [-0.39, 0.29) is 42.0 Å². The van der Waals surface area contributed by atoms with Crippen LogP contribution in [0.25, 0.3) is 5.70 Å². The van der Waals surface area contributed by atoms with Crippen molar-refractivity contribution >= 4 is 52.3 Å². The number of nitrogens with zero attached hydrogens (tertiary/aromatic N) is 6. The van der Waals surface area contributed by atoms with Crippen molar-refractivity contribution in [2.75, 3.05) is 49.5 Å². The highest BCUT2D eigenvalue weighted by atomic mass is 35.5. The summed E-state index contributed by atoms with van der Waals surface area (Å²) in [5.74, 6) is -0.108. The fourth-order valence-electron chi connectivity index (χ4n) is 4.68. The van der Waals surface area contributed by atoms with E-state index in [2.05, 4.69) is 10.4 Å². The summed E-state index contributed by atoms with van der Waals surface area (Å²) in [7, 11) is 0. The molecule has 2 aliphatic rings. The number of hydrogen-bond acceptors (Lipinski definition) is 5. The summed E-state index contributed by atoms with van der Waals surface area (Å²) >= 11 is 11.9. The molecule has 2 aliphatic heterocycles. The van der Waals surface area contributed by atoms with Gasteiger partial charge in [-0.1, -0.05) is 35.3 Å². The Morgan fingerprint density at radius 3 is 2.49 bits per heavy atom. The number of amides is 3. The van der Waals surface area contributed by atoms with Crippen LogP contribution in [-0.2, 0) is 11.0 Å². The molecular formula is C27H22Cl2F3N7O2. The number of urea groups is 1. The van der Waals surface area contributed by atoms with Crippen LogP contribution in [-0.4, -0.2) is 70.8 Å². The molecule has 9 nitrogen and oxygen atoms in total. The molecule has 1 fully saturated rings. The number of nitriles is 1. The number of aromatic nitrogens is 2. The van der Waals surface area contributed by atoms with Crippen molar-refractivity contribution < 1.29 is 22.8 Å². The molecule has 0 aliphatic carbocycles. The van der Waals surface area contributed by atoms with Crippen LogP contribution in [0.4, 0.5) is 29.5 Å². The lowest BCUT2D eigenvalue weighted by Gasteiger charge is -2.36. The van der Waals surface area contributed by atoms with E-state index in [0.29, 0.717) is 47.6 Å². The average Bonchev–Trinajstić information content (AvgIpc) is 3.39. The molecule has 0 bridgehead atoms. The number of piperazine rings is 1. The Bertz CT molecular complexity index is 1570. The van der Waals surface area contributed by atoms with E-state index in [1.54, 1.807) is 29.2 Å². The smallest absolute Gasteiger partial charge is 0.322 e. The lowest BCUT2D eigenvalue weighted by Crippen LogP contribution is -2.53. The van der Waals surface area contributed by atoms with Crippen molar-refractivity contribution in [2.24, 2.45) is 0 Å². The van der Waals surface area contributed by atoms with Crippen molar-refractivity contribution in [3.05, 3.63) is 81.5 Å². The van der Waals surface area contributed by atoms with Gasteiger partial charge in [-0.2, -0.15) is 23.5 Å². The molecule has 0 saturated carbocycles. The van der Waals surface area contributed by atoms with Gasteiger partial charge in [-0.3, -0.25) is 14.6 Å². The van der Waals surface area contributed by atoms with Gasteiger partial charge in [0.25, 0.3) is 0 Å². The molecule has 1 N–H and O–H groups in total. The van der Waals surface area contributed by atoms with Crippen LogP contribution < -0.4 is 10.2 Å². The third-order valence-electron chi connectivity index (χ3n) is 6.79. The Hall–Kier alpha value is -4.05. The van der Waals surface area contributed by atoms with Crippen molar-refractivity contribution in [3.8, 4) is 6.07 Å². The van der Waals surface area contributed by atoms with Gasteiger partial charge >= 0.3 is 12.2 Å². The maximum absolute atomic E-state index is 13.4. The van der Waals surface area contributed by atoms with Gasteiger partial charge in [0.1, 0.15) is 11.6 Å². The van der Waals surface area contributed by atoms with E-state index >= 15 is 0 Å². The third-order valence-corrected chi connectivity index (χ3v) is 7.53. The van der Waals surface area contributed by atoms with Crippen LogP contribution in [0.3, 0.4) is 0 Å². The van der Waals surface area contributed by atoms with Gasteiger partial charge in [-0.25, -0.2) is 9.48 Å². The van der Waals surface area contributed by atoms with Crippen LogP contribution in [0.15, 0.2) is 54.7 Å². The molecule has 0 spiro atoms. The van der Waals surface area contributed by atoms with Gasteiger partial charge in [0.15, 0.2) is 5.82 Å². The van der Waals surface area contributed by atoms with Crippen molar-refractivity contribution in [3.63, 3.8) is 0 Å². The zero-order valence-electron chi connectivity index (χ0n) is 21.3. The monoisotopic (exact) mass is 603 g/mol. The minimum atomic E-state index is -4.52. The predicted molar refractivity (Wildman–Crippen MR) is 148 cm³/mol. The summed E-state index contributed by atoms with van der Waals surface area (Å²) in [6.07, 6.45) is -1.63. The maximum atomic E-state index is 13.4. The summed E-state index contributed by atoms with van der Waals surface area (Å²) in [5.41, 5.74) is 0.428. The summed E-state index contributed by atoms with van der Waals surface area (Å²) < 4.78 is 41.2. The van der Waals surface area contributed by atoms with Crippen LogP contribution in [0.5, 0.6) is 0 Å². The second-order valence-corrected chi connectivity index (χ2v) is 10.2. The number of halogens is 5. The standard InChI is InChI=1S/C27H22Cl2F3N7O2/c28-21-5-4-20(13-22(21)29)35-26(41)37-10-8-36(9-11-37)16-24(40)38-7-6-23(39-25(38)18(14-33)15-34-39)17-2-1-3-19(12-17)27(30,31)32/h1-6,12-13,15H,7-11,16H2,(H,35,41). The van der Waals surface area contributed by atoms with E-state index < -0.39 is 11.7 Å². The van der Waals surface area contributed by atoms with E-state index in [1.807, 2.05) is 11.0 Å². The highest BCUT2D eigenvalue weighted by Gasteiger charge is 2.33. The number of carbonyl (C=O) groups is 2. The van der Waals surface area contributed by atoms with Gasteiger partial charge in [-0.15, -0.1) is 0 Å². The van der Waals surface area contributed by atoms with Crippen molar-refractivity contribution in [1.29, 1.82) is 5.26 Å². The predicted octanol–water partition coefficient (Wildman–Crippen LogP) is 5.17. The topological polar surface area (TPSA) is 97.5 Å². The van der Waals surface area contributed by atoms with Crippen LogP contribution in [0.1, 0.15) is 16.7 Å². The second-order valence-electron chi connectivity index (χ2n) is 9.40. The molecule has 2 aromatic carbocycles. The molecule has 0 radical (unpaired) electrons. The Balaban J connectivity index is 1.25. The largest absolute Gasteiger partial charge is 0.416 e. The first-order chi connectivity index (χ1) is 19.5. The summed E-state index contributed by atoms with van der Waals surface area (Å²) in [4.78, 5) is 31.0. The number of benzene rings is 2. The molecule has 5 rings (SSSR count). The average molecular weight is 604 g/mol. The zero-order valence-corrected chi connectivity index (χ0v) is 22.8. The molecule has 3 heterocycles. The van der Waals surface area contributed by atoms with Gasteiger partial charge in [0, 0.05) is 44.0 Å². The van der Waals surface area contributed by atoms with Crippen LogP contribution >= 0.6 is 23.2 Å². The number of rotatable bonds is 4. The normalized spacial score (nSPS) is 15.7. The molecule has 1 aromatic heterocycles. The Labute approximate surface area is 242 Å². The van der Waals surface area contributed by atoms with Crippen molar-refractivity contribution in [2.45, 2.75) is 6.18 Å². The summed E-state index contributed by atoms with van der Waals surface area (Å²) in [6.45, 7) is 1.69. The Morgan fingerprint density at radius 1 is 1.05 bits per heavy atom. The number of anilines is 2. The first-order valence-electron chi connectivity index (χ1n) is 12.4.